The van der Waals surface area contributed by atoms with Gasteiger partial charge in [0.05, 0.1) is 24.9 Å². The van der Waals surface area contributed by atoms with Gasteiger partial charge in [0, 0.05) is 12.1 Å². The first-order chi connectivity index (χ1) is 14.5. The fourth-order valence-electron chi connectivity index (χ4n) is 4.95. The number of carbonyl (C=O) groups excluding carboxylic acids is 1. The van der Waals surface area contributed by atoms with Gasteiger partial charge in [-0.3, -0.25) is 4.98 Å². The highest BCUT2D eigenvalue weighted by Crippen LogP contribution is 2.45. The SMILES string of the molecule is CCOC(=O)C(O)(CNC(=S)NC1C2=C(C=C3CCCC31)CCC2)c1ccccn1. The van der Waals surface area contributed by atoms with Gasteiger partial charge in [-0.1, -0.05) is 17.7 Å². The number of hydrogen-bond donors (Lipinski definition) is 3. The quantitative estimate of drug-likeness (QED) is 0.476. The fourth-order valence-corrected chi connectivity index (χ4v) is 5.15. The number of carbonyl (C=O) groups is 1. The van der Waals surface area contributed by atoms with Crippen molar-refractivity contribution in [3.05, 3.63) is 52.9 Å². The molecule has 4 rings (SSSR count). The molecule has 3 unspecified atom stereocenters. The number of thiocarbonyl (C=S) groups is 1. The molecule has 160 valence electrons. The molecule has 3 N–H and O–H groups in total. The van der Waals surface area contributed by atoms with Gasteiger partial charge in [0.1, 0.15) is 0 Å². The Hall–Kier alpha value is -2.25. The minimum absolute atomic E-state index is 0.110. The van der Waals surface area contributed by atoms with E-state index in [0.29, 0.717) is 11.0 Å². The topological polar surface area (TPSA) is 83.5 Å². The predicted octanol–water partition coefficient (Wildman–Crippen LogP) is 2.89. The molecule has 1 saturated carbocycles. The number of ether oxygens (including phenoxy) is 1. The first-order valence-electron chi connectivity index (χ1n) is 10.8. The number of rotatable bonds is 6. The Morgan fingerprint density at radius 2 is 2.20 bits per heavy atom. The molecule has 6 nitrogen and oxygen atoms in total. The van der Waals surface area contributed by atoms with Crippen LogP contribution in [0.25, 0.3) is 0 Å². The van der Waals surface area contributed by atoms with Gasteiger partial charge in [-0.05, 0) is 80.9 Å². The Kier molecular flexibility index (Phi) is 6.20. The molecular formula is C23H29N3O3S. The Balaban J connectivity index is 1.46. The summed E-state index contributed by atoms with van der Waals surface area (Å²) in [5, 5.41) is 18.1. The van der Waals surface area contributed by atoms with Crippen molar-refractivity contribution < 1.29 is 14.6 Å². The van der Waals surface area contributed by atoms with E-state index in [1.165, 1.54) is 42.4 Å². The molecule has 30 heavy (non-hydrogen) atoms. The molecule has 0 aromatic carbocycles. The van der Waals surface area contributed by atoms with Crippen LogP contribution in [0.2, 0.25) is 0 Å². The van der Waals surface area contributed by atoms with Gasteiger partial charge in [-0.2, -0.15) is 0 Å². The van der Waals surface area contributed by atoms with Crippen molar-refractivity contribution in [2.45, 2.75) is 57.1 Å². The third-order valence-electron chi connectivity index (χ3n) is 6.39. The van der Waals surface area contributed by atoms with Gasteiger partial charge in [-0.15, -0.1) is 0 Å². The van der Waals surface area contributed by atoms with Crippen molar-refractivity contribution >= 4 is 23.3 Å². The lowest BCUT2D eigenvalue weighted by molar-refractivity contribution is -0.166. The summed E-state index contributed by atoms with van der Waals surface area (Å²) in [5.41, 5.74) is 2.80. The number of fused-ring (bicyclic) bond motifs is 1. The first kappa shape index (κ1) is 21.0. The van der Waals surface area contributed by atoms with E-state index in [1.54, 1.807) is 31.3 Å². The Morgan fingerprint density at radius 3 is 2.97 bits per heavy atom. The summed E-state index contributed by atoms with van der Waals surface area (Å²) in [5.74, 6) is -0.250. The van der Waals surface area contributed by atoms with E-state index in [0.717, 1.165) is 12.8 Å². The Labute approximate surface area is 182 Å². The standard InChI is InChI=1S/C23H29N3O3S/c1-2-29-21(27)23(28,19-11-3-4-12-24-19)14-25-22(30)26-20-17-9-5-7-15(17)13-16-8-6-10-18(16)20/h3-4,11-13,17,20,28H,2,5-10,14H2,1H3,(H2,25,26,30). The summed E-state index contributed by atoms with van der Waals surface area (Å²) in [6, 6.07) is 5.28. The number of aromatic nitrogens is 1. The van der Waals surface area contributed by atoms with E-state index in [2.05, 4.69) is 21.7 Å². The molecule has 1 aromatic heterocycles. The number of aliphatic hydroxyl groups is 1. The molecule has 3 aliphatic carbocycles. The molecule has 3 atom stereocenters. The van der Waals surface area contributed by atoms with E-state index in [4.69, 9.17) is 17.0 Å². The summed E-state index contributed by atoms with van der Waals surface area (Å²) in [6.45, 7) is 1.77. The van der Waals surface area contributed by atoms with Gasteiger partial charge in [-0.25, -0.2) is 4.79 Å². The third-order valence-corrected chi connectivity index (χ3v) is 6.65. The van der Waals surface area contributed by atoms with Gasteiger partial charge < -0.3 is 20.5 Å². The molecule has 0 aliphatic heterocycles. The maximum atomic E-state index is 12.5. The average molecular weight is 428 g/mol. The normalized spacial score (nSPS) is 24.4. The van der Waals surface area contributed by atoms with Crippen molar-refractivity contribution in [3.8, 4) is 0 Å². The van der Waals surface area contributed by atoms with Crippen LogP contribution >= 0.6 is 12.2 Å². The number of allylic oxidation sites excluding steroid dienone is 2. The predicted molar refractivity (Wildman–Crippen MR) is 119 cm³/mol. The van der Waals surface area contributed by atoms with Crippen LogP contribution in [0.4, 0.5) is 0 Å². The molecular weight excluding hydrogens is 398 g/mol. The number of hydrogen-bond acceptors (Lipinski definition) is 5. The fraction of sp³-hybridized carbons (Fsp3) is 0.522. The van der Waals surface area contributed by atoms with Crippen molar-refractivity contribution in [3.63, 3.8) is 0 Å². The summed E-state index contributed by atoms with van der Waals surface area (Å²) in [4.78, 5) is 16.7. The van der Waals surface area contributed by atoms with Gasteiger partial charge in [0.2, 0.25) is 5.60 Å². The maximum absolute atomic E-state index is 12.5. The second-order valence-electron chi connectivity index (χ2n) is 8.22. The maximum Gasteiger partial charge on any atom is 0.346 e. The monoisotopic (exact) mass is 427 g/mol. The zero-order valence-corrected chi connectivity index (χ0v) is 18.1. The highest BCUT2D eigenvalue weighted by Gasteiger charge is 2.42. The van der Waals surface area contributed by atoms with Gasteiger partial charge in [0.25, 0.3) is 0 Å². The van der Waals surface area contributed by atoms with Crippen molar-refractivity contribution in [2.24, 2.45) is 5.92 Å². The minimum Gasteiger partial charge on any atom is -0.463 e. The van der Waals surface area contributed by atoms with Crippen LogP contribution in [-0.2, 0) is 15.1 Å². The zero-order chi connectivity index (χ0) is 21.1. The smallest absolute Gasteiger partial charge is 0.346 e. The lowest BCUT2D eigenvalue weighted by Gasteiger charge is -2.33. The molecule has 0 radical (unpaired) electrons. The Morgan fingerprint density at radius 1 is 1.33 bits per heavy atom. The van der Waals surface area contributed by atoms with E-state index >= 15 is 0 Å². The molecule has 7 heteroatoms. The van der Waals surface area contributed by atoms with E-state index in [1.807, 2.05) is 0 Å². The van der Waals surface area contributed by atoms with E-state index in [9.17, 15) is 9.90 Å². The lowest BCUT2D eigenvalue weighted by atomic mass is 9.82. The molecule has 1 fully saturated rings. The van der Waals surface area contributed by atoms with Crippen LogP contribution in [0.5, 0.6) is 0 Å². The number of nitrogens with one attached hydrogen (secondary N) is 2. The van der Waals surface area contributed by atoms with Gasteiger partial charge >= 0.3 is 5.97 Å². The first-order valence-corrected chi connectivity index (χ1v) is 11.2. The average Bonchev–Trinajstić information content (AvgIpc) is 3.42. The number of nitrogens with zero attached hydrogens (tertiary/aromatic N) is 1. The third kappa shape index (κ3) is 4.01. The summed E-state index contributed by atoms with van der Waals surface area (Å²) >= 11 is 5.58. The summed E-state index contributed by atoms with van der Waals surface area (Å²) in [6.07, 6.45) is 11.0. The largest absolute Gasteiger partial charge is 0.463 e. The lowest BCUT2D eigenvalue weighted by Crippen LogP contribution is -2.53. The second-order valence-corrected chi connectivity index (χ2v) is 8.63. The zero-order valence-electron chi connectivity index (χ0n) is 17.3. The van der Waals surface area contributed by atoms with Crippen LogP contribution in [0.3, 0.4) is 0 Å². The van der Waals surface area contributed by atoms with Crippen molar-refractivity contribution in [1.82, 2.24) is 15.6 Å². The van der Waals surface area contributed by atoms with Crippen LogP contribution in [0.1, 0.15) is 51.1 Å². The highest BCUT2D eigenvalue weighted by atomic mass is 32.1. The van der Waals surface area contributed by atoms with Crippen LogP contribution in [0, 0.1) is 5.92 Å². The molecule has 1 aromatic rings. The highest BCUT2D eigenvalue weighted by molar-refractivity contribution is 7.80. The second kappa shape index (κ2) is 8.86. The molecule has 0 spiro atoms. The van der Waals surface area contributed by atoms with E-state index in [-0.39, 0.29) is 24.9 Å². The van der Waals surface area contributed by atoms with Crippen LogP contribution < -0.4 is 10.6 Å². The minimum atomic E-state index is -1.91. The Bertz CT molecular complexity index is 883. The number of esters is 1. The molecule has 0 saturated heterocycles. The van der Waals surface area contributed by atoms with E-state index < -0.39 is 11.6 Å². The number of pyridine rings is 1. The molecule has 1 heterocycles. The molecule has 0 bridgehead atoms. The molecule has 0 amide bonds. The van der Waals surface area contributed by atoms with Gasteiger partial charge in [0.15, 0.2) is 5.11 Å². The molecule has 3 aliphatic rings. The van der Waals surface area contributed by atoms with Crippen LogP contribution in [0.15, 0.2) is 47.2 Å². The van der Waals surface area contributed by atoms with Crippen molar-refractivity contribution in [2.75, 3.05) is 13.2 Å². The summed E-state index contributed by atoms with van der Waals surface area (Å²) in [7, 11) is 0. The summed E-state index contributed by atoms with van der Waals surface area (Å²) < 4.78 is 5.11. The van der Waals surface area contributed by atoms with Crippen molar-refractivity contribution in [1.29, 1.82) is 0 Å². The van der Waals surface area contributed by atoms with Crippen LogP contribution in [-0.4, -0.2) is 40.4 Å².